The molecule has 0 radical (unpaired) electrons. The topological polar surface area (TPSA) is 39.9 Å². The van der Waals surface area contributed by atoms with Gasteiger partial charge in [-0.05, 0) is 41.8 Å². The number of fused-ring (bicyclic) bond motifs is 2. The molecule has 20 heavy (non-hydrogen) atoms. The van der Waals surface area contributed by atoms with E-state index < -0.39 is 0 Å². The van der Waals surface area contributed by atoms with Gasteiger partial charge in [0.05, 0.1) is 0 Å². The van der Waals surface area contributed by atoms with Crippen LogP contribution in [0.3, 0.4) is 0 Å². The van der Waals surface area contributed by atoms with Gasteiger partial charge in [-0.3, -0.25) is 0 Å². The summed E-state index contributed by atoms with van der Waals surface area (Å²) < 4.78 is 0. The molecule has 0 unspecified atom stereocenters. The van der Waals surface area contributed by atoms with E-state index in [1.54, 1.807) is 0 Å². The first-order chi connectivity index (χ1) is 9.90. The molecular weight excluding hydrogens is 246 g/mol. The fraction of sp³-hybridized carbons (Fsp3) is 0.176. The lowest BCUT2D eigenvalue weighted by molar-refractivity contribution is 1.11. The van der Waals surface area contributed by atoms with E-state index >= 15 is 0 Å². The quantitative estimate of drug-likeness (QED) is 0.673. The number of aromatic amines is 1. The van der Waals surface area contributed by atoms with Gasteiger partial charge in [-0.1, -0.05) is 18.2 Å². The van der Waals surface area contributed by atoms with E-state index in [4.69, 9.17) is 0 Å². The molecule has 100 valence electrons. The summed E-state index contributed by atoms with van der Waals surface area (Å²) in [4.78, 5) is 3.22. The van der Waals surface area contributed by atoms with Gasteiger partial charge in [0.2, 0.25) is 0 Å². The van der Waals surface area contributed by atoms with Gasteiger partial charge in [-0.15, -0.1) is 0 Å². The first kappa shape index (κ1) is 11.4. The van der Waals surface area contributed by atoms with Crippen molar-refractivity contribution in [3.8, 4) is 0 Å². The highest BCUT2D eigenvalue weighted by Crippen LogP contribution is 2.27. The normalized spacial score (nSPS) is 13.2. The van der Waals surface area contributed by atoms with Gasteiger partial charge in [-0.2, -0.15) is 0 Å². The second-order valence-electron chi connectivity index (χ2n) is 5.26. The Balaban J connectivity index is 1.57. The van der Waals surface area contributed by atoms with Gasteiger partial charge >= 0.3 is 0 Å². The van der Waals surface area contributed by atoms with Crippen molar-refractivity contribution in [2.75, 3.05) is 17.2 Å². The van der Waals surface area contributed by atoms with E-state index in [-0.39, 0.29) is 0 Å². The summed E-state index contributed by atoms with van der Waals surface area (Å²) in [5.41, 5.74) is 6.44. The minimum absolute atomic E-state index is 0.853. The summed E-state index contributed by atoms with van der Waals surface area (Å²) in [6, 6.07) is 15.1. The van der Waals surface area contributed by atoms with Crippen LogP contribution in [0.2, 0.25) is 0 Å². The van der Waals surface area contributed by atoms with Crippen LogP contribution < -0.4 is 10.6 Å². The SMILES string of the molecule is c1cc2c(c(CNc3ccc4[nH]ccc4c3)c1)NCC2. The predicted octanol–water partition coefficient (Wildman–Crippen LogP) is 3.75. The zero-order valence-corrected chi connectivity index (χ0v) is 11.2. The molecule has 0 saturated heterocycles. The molecule has 3 heteroatoms. The van der Waals surface area contributed by atoms with Crippen LogP contribution in [0, 0.1) is 0 Å². The molecule has 3 nitrogen and oxygen atoms in total. The third-order valence-corrected chi connectivity index (χ3v) is 3.97. The average Bonchev–Trinajstić information content (AvgIpc) is 3.13. The standard InChI is InChI=1S/C17H17N3/c1-2-12-6-9-19-17(12)14(3-1)11-20-15-4-5-16-13(10-15)7-8-18-16/h1-5,7-8,10,18-20H,6,9,11H2. The molecule has 0 aliphatic carbocycles. The highest BCUT2D eigenvalue weighted by atomic mass is 14.9. The molecule has 1 aromatic heterocycles. The number of aromatic nitrogens is 1. The Bertz CT molecular complexity index is 758. The Kier molecular flexibility index (Phi) is 2.62. The maximum Gasteiger partial charge on any atom is 0.0455 e. The van der Waals surface area contributed by atoms with Crippen molar-refractivity contribution >= 4 is 22.3 Å². The lowest BCUT2D eigenvalue weighted by atomic mass is 10.1. The van der Waals surface area contributed by atoms with E-state index in [9.17, 15) is 0 Å². The third-order valence-electron chi connectivity index (χ3n) is 3.97. The van der Waals surface area contributed by atoms with Crippen LogP contribution in [0.4, 0.5) is 11.4 Å². The summed E-state index contributed by atoms with van der Waals surface area (Å²) in [7, 11) is 0. The fourth-order valence-electron chi connectivity index (χ4n) is 2.92. The summed E-state index contributed by atoms with van der Waals surface area (Å²) in [5, 5.41) is 8.25. The molecule has 4 rings (SSSR count). The van der Waals surface area contributed by atoms with E-state index in [1.807, 2.05) is 6.20 Å². The summed E-state index contributed by atoms with van der Waals surface area (Å²) in [5.74, 6) is 0. The number of hydrogen-bond donors (Lipinski definition) is 3. The molecule has 0 amide bonds. The summed E-state index contributed by atoms with van der Waals surface area (Å²) in [6.45, 7) is 1.91. The van der Waals surface area contributed by atoms with Gasteiger partial charge < -0.3 is 15.6 Å². The molecule has 0 spiro atoms. The smallest absolute Gasteiger partial charge is 0.0455 e. The second-order valence-corrected chi connectivity index (χ2v) is 5.26. The first-order valence-corrected chi connectivity index (χ1v) is 7.06. The maximum absolute atomic E-state index is 3.52. The van der Waals surface area contributed by atoms with Crippen LogP contribution in [0.5, 0.6) is 0 Å². The van der Waals surface area contributed by atoms with E-state index in [2.05, 4.69) is 58.1 Å². The van der Waals surface area contributed by atoms with Crippen LogP contribution in [-0.2, 0) is 13.0 Å². The highest BCUT2D eigenvalue weighted by Gasteiger charge is 2.13. The van der Waals surface area contributed by atoms with Crippen LogP contribution >= 0.6 is 0 Å². The second kappa shape index (κ2) is 4.60. The van der Waals surface area contributed by atoms with Gasteiger partial charge in [0.25, 0.3) is 0 Å². The van der Waals surface area contributed by atoms with Crippen molar-refractivity contribution in [2.45, 2.75) is 13.0 Å². The maximum atomic E-state index is 3.52. The molecule has 0 fully saturated rings. The predicted molar refractivity (Wildman–Crippen MR) is 84.3 cm³/mol. The monoisotopic (exact) mass is 263 g/mol. The Labute approximate surface area is 118 Å². The number of para-hydroxylation sites is 1. The molecule has 0 atom stereocenters. The van der Waals surface area contributed by atoms with Crippen molar-refractivity contribution in [3.63, 3.8) is 0 Å². The Morgan fingerprint density at radius 1 is 1.10 bits per heavy atom. The Morgan fingerprint density at radius 3 is 3.10 bits per heavy atom. The minimum atomic E-state index is 0.853. The van der Waals surface area contributed by atoms with Crippen molar-refractivity contribution in [3.05, 3.63) is 59.8 Å². The van der Waals surface area contributed by atoms with Crippen molar-refractivity contribution < 1.29 is 0 Å². The zero-order valence-electron chi connectivity index (χ0n) is 11.2. The summed E-state index contributed by atoms with van der Waals surface area (Å²) >= 11 is 0. The van der Waals surface area contributed by atoms with Crippen LogP contribution in [0.1, 0.15) is 11.1 Å². The van der Waals surface area contributed by atoms with Crippen LogP contribution in [0.25, 0.3) is 10.9 Å². The number of H-pyrrole nitrogens is 1. The zero-order chi connectivity index (χ0) is 13.4. The Morgan fingerprint density at radius 2 is 2.10 bits per heavy atom. The molecule has 1 aliphatic rings. The van der Waals surface area contributed by atoms with Crippen molar-refractivity contribution in [1.82, 2.24) is 4.98 Å². The summed E-state index contributed by atoms with van der Waals surface area (Å²) in [6.07, 6.45) is 3.11. The van der Waals surface area contributed by atoms with Gasteiger partial charge in [0.15, 0.2) is 0 Å². The Hall–Kier alpha value is -2.42. The molecule has 0 bridgehead atoms. The largest absolute Gasteiger partial charge is 0.384 e. The lowest BCUT2D eigenvalue weighted by Gasteiger charge is -2.11. The third kappa shape index (κ3) is 1.92. The highest BCUT2D eigenvalue weighted by molar-refractivity contribution is 5.83. The van der Waals surface area contributed by atoms with E-state index in [0.717, 1.165) is 25.2 Å². The van der Waals surface area contributed by atoms with Gasteiger partial charge in [0, 0.05) is 41.6 Å². The first-order valence-electron chi connectivity index (χ1n) is 7.06. The number of benzene rings is 2. The molecule has 3 aromatic rings. The van der Waals surface area contributed by atoms with Gasteiger partial charge in [-0.25, -0.2) is 0 Å². The van der Waals surface area contributed by atoms with E-state index in [0.29, 0.717) is 0 Å². The van der Waals surface area contributed by atoms with Crippen LogP contribution in [-0.4, -0.2) is 11.5 Å². The fourth-order valence-corrected chi connectivity index (χ4v) is 2.92. The number of anilines is 2. The number of rotatable bonds is 3. The molecule has 2 aromatic carbocycles. The van der Waals surface area contributed by atoms with Crippen molar-refractivity contribution in [1.29, 1.82) is 0 Å². The van der Waals surface area contributed by atoms with Crippen molar-refractivity contribution in [2.24, 2.45) is 0 Å². The molecule has 0 saturated carbocycles. The average molecular weight is 263 g/mol. The lowest BCUT2D eigenvalue weighted by Crippen LogP contribution is -2.02. The molecule has 2 heterocycles. The van der Waals surface area contributed by atoms with Gasteiger partial charge in [0.1, 0.15) is 0 Å². The molecule has 3 N–H and O–H groups in total. The van der Waals surface area contributed by atoms with Crippen LogP contribution in [0.15, 0.2) is 48.7 Å². The minimum Gasteiger partial charge on any atom is -0.384 e. The number of hydrogen-bond acceptors (Lipinski definition) is 2. The number of nitrogens with one attached hydrogen (secondary N) is 3. The molecular formula is C17H17N3. The molecule has 1 aliphatic heterocycles. The van der Waals surface area contributed by atoms with E-state index in [1.165, 1.54) is 27.7 Å².